The highest BCUT2D eigenvalue weighted by Crippen LogP contribution is 2.24. The summed E-state index contributed by atoms with van der Waals surface area (Å²) < 4.78 is 2.19. The fraction of sp³-hybridized carbons (Fsp3) is 0.481. The molecule has 0 saturated carbocycles. The predicted octanol–water partition coefficient (Wildman–Crippen LogP) is 4.41. The van der Waals surface area contributed by atoms with Gasteiger partial charge >= 0.3 is 0 Å². The van der Waals surface area contributed by atoms with Crippen molar-refractivity contribution >= 4 is 34.3 Å². The molecule has 2 heterocycles. The molecule has 4 rings (SSSR count). The fourth-order valence-electron chi connectivity index (χ4n) is 4.76. The van der Waals surface area contributed by atoms with Gasteiger partial charge in [-0.25, -0.2) is 0 Å². The topological polar surface area (TPSA) is 80.1 Å². The van der Waals surface area contributed by atoms with Crippen LogP contribution in [0.4, 0.5) is 0 Å². The van der Waals surface area contributed by atoms with E-state index in [-0.39, 0.29) is 17.7 Å². The predicted molar refractivity (Wildman–Crippen MR) is 141 cm³/mol. The second-order valence-electron chi connectivity index (χ2n) is 9.62. The van der Waals surface area contributed by atoms with E-state index >= 15 is 0 Å². The summed E-state index contributed by atoms with van der Waals surface area (Å²) in [5, 5.41) is 14.7. The van der Waals surface area contributed by atoms with Gasteiger partial charge in [0, 0.05) is 38.2 Å². The summed E-state index contributed by atoms with van der Waals surface area (Å²) >= 11 is 1.61. The van der Waals surface area contributed by atoms with Crippen molar-refractivity contribution in [3.8, 4) is 0 Å². The SMILES string of the molecule is CSc1nnc(CCCNC(=O)C2CCCN(C(=O)c3cccc4ccccc34)C2)n1CC(C)C. The number of benzene rings is 2. The summed E-state index contributed by atoms with van der Waals surface area (Å²) in [6.07, 6.45) is 5.25. The van der Waals surface area contributed by atoms with Crippen molar-refractivity contribution < 1.29 is 9.59 Å². The Morgan fingerprint density at radius 3 is 2.74 bits per heavy atom. The number of amides is 2. The number of hydrogen-bond donors (Lipinski definition) is 1. The number of nitrogens with zero attached hydrogens (tertiary/aromatic N) is 4. The number of likely N-dealkylation sites (tertiary alicyclic amines) is 1. The molecule has 3 aromatic rings. The van der Waals surface area contributed by atoms with E-state index < -0.39 is 0 Å². The molecule has 1 aliphatic heterocycles. The maximum absolute atomic E-state index is 13.3. The number of hydrogen-bond acceptors (Lipinski definition) is 5. The van der Waals surface area contributed by atoms with Gasteiger partial charge in [0.05, 0.1) is 5.92 Å². The largest absolute Gasteiger partial charge is 0.356 e. The van der Waals surface area contributed by atoms with Crippen LogP contribution >= 0.6 is 11.8 Å². The van der Waals surface area contributed by atoms with Gasteiger partial charge in [-0.05, 0) is 48.3 Å². The van der Waals surface area contributed by atoms with Crippen molar-refractivity contribution in [3.05, 3.63) is 53.9 Å². The first-order chi connectivity index (χ1) is 17.0. The summed E-state index contributed by atoms with van der Waals surface area (Å²) in [6.45, 7) is 7.02. The van der Waals surface area contributed by atoms with E-state index in [1.165, 1.54) is 0 Å². The third kappa shape index (κ3) is 6.04. The van der Waals surface area contributed by atoms with E-state index in [4.69, 9.17) is 0 Å². The molecule has 7 nitrogen and oxygen atoms in total. The highest BCUT2D eigenvalue weighted by Gasteiger charge is 2.29. The van der Waals surface area contributed by atoms with Crippen LogP contribution in [0, 0.1) is 11.8 Å². The number of fused-ring (bicyclic) bond motifs is 1. The van der Waals surface area contributed by atoms with Crippen LogP contribution < -0.4 is 5.32 Å². The Labute approximate surface area is 211 Å². The summed E-state index contributed by atoms with van der Waals surface area (Å²) in [5.41, 5.74) is 0.708. The number of nitrogens with one attached hydrogen (secondary N) is 1. The van der Waals surface area contributed by atoms with Crippen molar-refractivity contribution in [3.63, 3.8) is 0 Å². The van der Waals surface area contributed by atoms with Crippen molar-refractivity contribution in [1.29, 1.82) is 0 Å². The molecule has 0 bridgehead atoms. The maximum Gasteiger partial charge on any atom is 0.254 e. The van der Waals surface area contributed by atoms with E-state index in [0.717, 1.165) is 54.0 Å². The zero-order chi connectivity index (χ0) is 24.8. The zero-order valence-corrected chi connectivity index (χ0v) is 21.7. The Bertz CT molecular complexity index is 1170. The smallest absolute Gasteiger partial charge is 0.254 e. The van der Waals surface area contributed by atoms with Gasteiger partial charge in [-0.3, -0.25) is 9.59 Å². The lowest BCUT2D eigenvalue weighted by atomic mass is 9.95. The quantitative estimate of drug-likeness (QED) is 0.353. The third-order valence-electron chi connectivity index (χ3n) is 6.50. The van der Waals surface area contributed by atoms with E-state index in [1.54, 1.807) is 11.8 Å². The normalized spacial score (nSPS) is 16.1. The summed E-state index contributed by atoms with van der Waals surface area (Å²) in [7, 11) is 0. The van der Waals surface area contributed by atoms with Crippen LogP contribution in [0.1, 0.15) is 49.3 Å². The molecule has 1 saturated heterocycles. The molecule has 0 radical (unpaired) electrons. The van der Waals surface area contributed by atoms with Gasteiger partial charge in [0.25, 0.3) is 5.91 Å². The number of rotatable bonds is 9. The van der Waals surface area contributed by atoms with Crippen LogP contribution in [-0.4, -0.2) is 57.4 Å². The minimum Gasteiger partial charge on any atom is -0.356 e. The lowest BCUT2D eigenvalue weighted by molar-refractivity contribution is -0.126. The molecule has 1 fully saturated rings. The molecule has 0 aliphatic carbocycles. The van der Waals surface area contributed by atoms with Crippen molar-refractivity contribution in [2.75, 3.05) is 25.9 Å². The number of carbonyl (C=O) groups excluding carboxylic acids is 2. The Hall–Kier alpha value is -2.87. The number of thioether (sulfide) groups is 1. The molecule has 2 aromatic carbocycles. The molecular weight excluding hydrogens is 458 g/mol. The molecule has 0 spiro atoms. The van der Waals surface area contributed by atoms with Crippen LogP contribution in [0.2, 0.25) is 0 Å². The molecule has 1 atom stereocenters. The number of aryl methyl sites for hydroxylation is 1. The molecular formula is C27H35N5O2S. The van der Waals surface area contributed by atoms with E-state index in [2.05, 4.69) is 33.9 Å². The second-order valence-corrected chi connectivity index (χ2v) is 10.4. The Morgan fingerprint density at radius 2 is 1.94 bits per heavy atom. The summed E-state index contributed by atoms with van der Waals surface area (Å²) in [5.74, 6) is 1.36. The van der Waals surface area contributed by atoms with E-state index in [0.29, 0.717) is 31.1 Å². The lowest BCUT2D eigenvalue weighted by Crippen LogP contribution is -2.45. The third-order valence-corrected chi connectivity index (χ3v) is 7.17. The van der Waals surface area contributed by atoms with Crippen molar-refractivity contribution in [2.45, 2.75) is 51.2 Å². The first-order valence-electron chi connectivity index (χ1n) is 12.5. The zero-order valence-electron chi connectivity index (χ0n) is 20.9. The average molecular weight is 494 g/mol. The summed E-state index contributed by atoms with van der Waals surface area (Å²) in [4.78, 5) is 28.1. The first kappa shape index (κ1) is 25.2. The highest BCUT2D eigenvalue weighted by molar-refractivity contribution is 7.98. The number of carbonyl (C=O) groups is 2. The molecule has 8 heteroatoms. The molecule has 1 aliphatic rings. The Morgan fingerprint density at radius 1 is 1.14 bits per heavy atom. The molecule has 1 unspecified atom stereocenters. The molecule has 1 N–H and O–H groups in total. The van der Waals surface area contributed by atoms with Gasteiger partial charge in [0.1, 0.15) is 5.82 Å². The first-order valence-corrected chi connectivity index (χ1v) is 13.7. The van der Waals surface area contributed by atoms with Crippen LogP contribution in [0.3, 0.4) is 0 Å². The van der Waals surface area contributed by atoms with Gasteiger partial charge in [0.15, 0.2) is 5.16 Å². The van der Waals surface area contributed by atoms with Gasteiger partial charge < -0.3 is 14.8 Å². The van der Waals surface area contributed by atoms with Crippen LogP contribution in [-0.2, 0) is 17.8 Å². The number of piperidine rings is 1. The van der Waals surface area contributed by atoms with Gasteiger partial charge in [-0.2, -0.15) is 0 Å². The minimum atomic E-state index is -0.171. The second kappa shape index (κ2) is 11.7. The minimum absolute atomic E-state index is 0.00777. The molecule has 35 heavy (non-hydrogen) atoms. The van der Waals surface area contributed by atoms with Crippen LogP contribution in [0.5, 0.6) is 0 Å². The van der Waals surface area contributed by atoms with Gasteiger partial charge in [0.2, 0.25) is 5.91 Å². The standard InChI is InChI=1S/C27H35N5O2S/c1-19(2)17-32-24(29-30-27(32)35-3)14-7-15-28-25(33)21-11-8-16-31(18-21)26(34)23-13-6-10-20-9-4-5-12-22(20)23/h4-6,9-10,12-13,19,21H,7-8,11,14-18H2,1-3H3,(H,28,33). The van der Waals surface area contributed by atoms with Crippen molar-refractivity contribution in [2.24, 2.45) is 11.8 Å². The Balaban J connectivity index is 1.31. The van der Waals surface area contributed by atoms with Crippen LogP contribution in [0.25, 0.3) is 10.8 Å². The molecule has 2 amide bonds. The van der Waals surface area contributed by atoms with Crippen LogP contribution in [0.15, 0.2) is 47.6 Å². The molecule has 1 aromatic heterocycles. The van der Waals surface area contributed by atoms with E-state index in [1.807, 2.05) is 53.6 Å². The lowest BCUT2D eigenvalue weighted by Gasteiger charge is -2.32. The number of aromatic nitrogens is 3. The fourth-order valence-corrected chi connectivity index (χ4v) is 5.29. The van der Waals surface area contributed by atoms with Crippen molar-refractivity contribution in [1.82, 2.24) is 25.0 Å². The van der Waals surface area contributed by atoms with E-state index in [9.17, 15) is 9.59 Å². The Kier molecular flexibility index (Phi) is 8.44. The van der Waals surface area contributed by atoms with Gasteiger partial charge in [-0.1, -0.05) is 62.0 Å². The highest BCUT2D eigenvalue weighted by atomic mass is 32.2. The monoisotopic (exact) mass is 493 g/mol. The average Bonchev–Trinajstić information content (AvgIpc) is 3.26. The van der Waals surface area contributed by atoms with Gasteiger partial charge in [-0.15, -0.1) is 10.2 Å². The summed E-state index contributed by atoms with van der Waals surface area (Å²) in [6, 6.07) is 13.8. The maximum atomic E-state index is 13.3. The molecule has 186 valence electrons.